The molecular weight excluding hydrogens is 551 g/mol. The van der Waals surface area contributed by atoms with E-state index in [2.05, 4.69) is 41.4 Å². The van der Waals surface area contributed by atoms with E-state index in [9.17, 15) is 14.7 Å². The van der Waals surface area contributed by atoms with Gasteiger partial charge < -0.3 is 14.9 Å². The molecule has 1 heterocycles. The standard InChI is InChI=1S/C33H33N3O3S2/c1-35(2)31-23-34-29(41-31)21-13-14-22-30(37)36(3)28(32(38)39)24-40-33(25-15-7-4-8-16-25,26-17-9-5-10-18-26)27-19-11-6-12-20-27/h4-23,28H,24H2,1-3H3,(H,38,39)/b21-13+,22-14+/t28-/m1/s1. The summed E-state index contributed by atoms with van der Waals surface area (Å²) >= 11 is 3.05. The number of aromatic nitrogens is 1. The second-order valence-corrected chi connectivity index (χ2v) is 11.8. The zero-order valence-corrected chi connectivity index (χ0v) is 24.9. The molecule has 0 bridgehead atoms. The fraction of sp³-hybridized carbons (Fsp3) is 0.182. The molecule has 4 rings (SSSR count). The van der Waals surface area contributed by atoms with Gasteiger partial charge in [0.15, 0.2) is 0 Å². The van der Waals surface area contributed by atoms with Crippen LogP contribution in [0.1, 0.15) is 21.7 Å². The summed E-state index contributed by atoms with van der Waals surface area (Å²) in [4.78, 5) is 33.1. The van der Waals surface area contributed by atoms with Gasteiger partial charge in [-0.15, -0.1) is 11.8 Å². The Morgan fingerprint density at radius 3 is 1.83 bits per heavy atom. The van der Waals surface area contributed by atoms with E-state index in [0.29, 0.717) is 0 Å². The molecule has 0 spiro atoms. The van der Waals surface area contributed by atoms with Crippen LogP contribution in [0.4, 0.5) is 5.00 Å². The minimum absolute atomic E-state index is 0.173. The fourth-order valence-corrected chi connectivity index (χ4v) is 6.87. The van der Waals surface area contributed by atoms with Crippen molar-refractivity contribution < 1.29 is 14.7 Å². The number of benzene rings is 3. The lowest BCUT2D eigenvalue weighted by Crippen LogP contribution is -2.44. The number of thiazole rings is 1. The molecule has 4 aromatic rings. The highest BCUT2D eigenvalue weighted by Gasteiger charge is 2.39. The molecule has 1 amide bonds. The Bertz CT molecular complexity index is 1390. The first kappa shape index (κ1) is 29.8. The van der Waals surface area contributed by atoms with Gasteiger partial charge in [0.1, 0.15) is 16.1 Å². The van der Waals surface area contributed by atoms with Crippen LogP contribution in [-0.2, 0) is 14.3 Å². The van der Waals surface area contributed by atoms with E-state index in [4.69, 9.17) is 0 Å². The number of carboxylic acids is 1. The van der Waals surface area contributed by atoms with Gasteiger partial charge in [0, 0.05) is 33.0 Å². The zero-order valence-electron chi connectivity index (χ0n) is 23.3. The van der Waals surface area contributed by atoms with E-state index in [0.717, 1.165) is 26.7 Å². The zero-order chi connectivity index (χ0) is 29.2. The van der Waals surface area contributed by atoms with Crippen LogP contribution >= 0.6 is 23.1 Å². The van der Waals surface area contributed by atoms with E-state index in [1.165, 1.54) is 41.1 Å². The number of anilines is 1. The Balaban J connectivity index is 1.59. The molecular formula is C33H33N3O3S2. The average Bonchev–Trinajstić information content (AvgIpc) is 3.48. The SMILES string of the molecule is CN(C)c1cnc(/C=C/C=C/C(=O)N(C)[C@H](CSC(c2ccccc2)(c2ccccc2)c2ccccc2)C(=O)O)s1. The smallest absolute Gasteiger partial charge is 0.327 e. The van der Waals surface area contributed by atoms with E-state index in [1.807, 2.05) is 79.7 Å². The highest BCUT2D eigenvalue weighted by molar-refractivity contribution is 8.00. The number of hydrogen-bond donors (Lipinski definition) is 1. The maximum atomic E-state index is 13.0. The molecule has 41 heavy (non-hydrogen) atoms. The molecule has 1 N–H and O–H groups in total. The quantitative estimate of drug-likeness (QED) is 0.118. The van der Waals surface area contributed by atoms with E-state index < -0.39 is 16.8 Å². The van der Waals surface area contributed by atoms with E-state index in [-0.39, 0.29) is 11.7 Å². The Kier molecular flexibility index (Phi) is 10.2. The monoisotopic (exact) mass is 583 g/mol. The van der Waals surface area contributed by atoms with Gasteiger partial charge in [-0.3, -0.25) is 4.79 Å². The number of allylic oxidation sites excluding steroid dienone is 2. The normalized spacial score (nSPS) is 12.5. The molecule has 0 radical (unpaired) electrons. The van der Waals surface area contributed by atoms with Crippen molar-refractivity contribution in [2.45, 2.75) is 10.8 Å². The van der Waals surface area contributed by atoms with Crippen molar-refractivity contribution in [2.75, 3.05) is 31.8 Å². The highest BCUT2D eigenvalue weighted by atomic mass is 32.2. The van der Waals surface area contributed by atoms with Gasteiger partial charge in [0.25, 0.3) is 0 Å². The Morgan fingerprint density at radius 2 is 1.39 bits per heavy atom. The number of likely N-dealkylation sites (N-methyl/N-ethyl adjacent to an activating group) is 1. The van der Waals surface area contributed by atoms with Gasteiger partial charge in [-0.1, -0.05) is 114 Å². The van der Waals surface area contributed by atoms with Crippen molar-refractivity contribution >= 4 is 46.1 Å². The summed E-state index contributed by atoms with van der Waals surface area (Å²) in [6.07, 6.45) is 8.35. The number of hydrogen-bond acceptors (Lipinski definition) is 6. The summed E-state index contributed by atoms with van der Waals surface area (Å²) < 4.78 is -0.681. The van der Waals surface area contributed by atoms with Gasteiger partial charge in [-0.25, -0.2) is 9.78 Å². The van der Waals surface area contributed by atoms with Crippen molar-refractivity contribution in [3.63, 3.8) is 0 Å². The molecule has 0 saturated heterocycles. The third kappa shape index (κ3) is 7.14. The lowest BCUT2D eigenvalue weighted by Gasteiger charge is -2.37. The third-order valence-electron chi connectivity index (χ3n) is 6.64. The number of aliphatic carboxylic acids is 1. The summed E-state index contributed by atoms with van der Waals surface area (Å²) in [6, 6.07) is 29.2. The summed E-state index contributed by atoms with van der Waals surface area (Å²) in [5, 5.41) is 12.1. The number of carboxylic acid groups (broad SMARTS) is 1. The van der Waals surface area contributed by atoms with Crippen LogP contribution < -0.4 is 4.90 Å². The summed E-state index contributed by atoms with van der Waals surface area (Å²) in [5.74, 6) is -1.27. The second kappa shape index (κ2) is 14.0. The molecule has 3 aromatic carbocycles. The number of amides is 1. The number of thioether (sulfide) groups is 1. The maximum Gasteiger partial charge on any atom is 0.327 e. The lowest BCUT2D eigenvalue weighted by atomic mass is 9.84. The molecule has 8 heteroatoms. The van der Waals surface area contributed by atoms with E-state index >= 15 is 0 Å². The fourth-order valence-electron chi connectivity index (χ4n) is 4.43. The van der Waals surface area contributed by atoms with Crippen LogP contribution in [0.2, 0.25) is 0 Å². The van der Waals surface area contributed by atoms with Gasteiger partial charge in [-0.05, 0) is 22.8 Å². The predicted molar refractivity (Wildman–Crippen MR) is 170 cm³/mol. The largest absolute Gasteiger partial charge is 0.480 e. The van der Waals surface area contributed by atoms with Gasteiger partial charge >= 0.3 is 5.97 Å². The first-order valence-electron chi connectivity index (χ1n) is 13.1. The van der Waals surface area contributed by atoms with Gasteiger partial charge in [0.05, 0.1) is 10.9 Å². The first-order valence-corrected chi connectivity index (χ1v) is 14.9. The molecule has 0 aliphatic rings. The van der Waals surface area contributed by atoms with Crippen LogP contribution in [0.15, 0.2) is 115 Å². The minimum atomic E-state index is -1.06. The summed E-state index contributed by atoms with van der Waals surface area (Å²) in [5.41, 5.74) is 3.10. The second-order valence-electron chi connectivity index (χ2n) is 9.54. The van der Waals surface area contributed by atoms with Crippen molar-refractivity contribution in [1.82, 2.24) is 9.88 Å². The molecule has 6 nitrogen and oxygen atoms in total. The molecule has 1 aromatic heterocycles. The van der Waals surface area contributed by atoms with Crippen molar-refractivity contribution in [3.8, 4) is 0 Å². The van der Waals surface area contributed by atoms with Crippen molar-refractivity contribution in [2.24, 2.45) is 0 Å². The van der Waals surface area contributed by atoms with Gasteiger partial charge in [0.2, 0.25) is 5.91 Å². The minimum Gasteiger partial charge on any atom is -0.480 e. The molecule has 1 atom stereocenters. The van der Waals surface area contributed by atoms with Crippen LogP contribution in [0, 0.1) is 0 Å². The molecule has 0 saturated carbocycles. The van der Waals surface area contributed by atoms with Crippen LogP contribution in [0.5, 0.6) is 0 Å². The van der Waals surface area contributed by atoms with Crippen LogP contribution in [0.25, 0.3) is 6.08 Å². The van der Waals surface area contributed by atoms with Crippen LogP contribution in [0.3, 0.4) is 0 Å². The highest BCUT2D eigenvalue weighted by Crippen LogP contribution is 2.48. The van der Waals surface area contributed by atoms with Crippen LogP contribution in [-0.4, -0.2) is 59.8 Å². The molecule has 0 aliphatic carbocycles. The summed E-state index contributed by atoms with van der Waals surface area (Å²) in [7, 11) is 5.45. The average molecular weight is 584 g/mol. The molecule has 0 unspecified atom stereocenters. The number of carbonyl (C=O) groups excluding carboxylic acids is 1. The van der Waals surface area contributed by atoms with Crippen molar-refractivity contribution in [1.29, 1.82) is 0 Å². The number of rotatable bonds is 12. The number of nitrogens with zero attached hydrogens (tertiary/aromatic N) is 3. The third-order valence-corrected chi connectivity index (χ3v) is 9.39. The Hall–Kier alpha value is -4.14. The Morgan fingerprint density at radius 1 is 0.878 bits per heavy atom. The molecule has 210 valence electrons. The summed E-state index contributed by atoms with van der Waals surface area (Å²) in [6.45, 7) is 0. The Labute approximate surface area is 249 Å². The molecule has 0 aliphatic heterocycles. The maximum absolute atomic E-state index is 13.0. The predicted octanol–water partition coefficient (Wildman–Crippen LogP) is 6.42. The molecule has 0 fully saturated rings. The van der Waals surface area contributed by atoms with Gasteiger partial charge in [-0.2, -0.15) is 0 Å². The van der Waals surface area contributed by atoms with Crippen molar-refractivity contribution in [3.05, 3.63) is 137 Å². The lowest BCUT2D eigenvalue weighted by molar-refractivity contribution is -0.146. The first-order chi connectivity index (χ1) is 19.8. The topological polar surface area (TPSA) is 73.7 Å². The van der Waals surface area contributed by atoms with E-state index in [1.54, 1.807) is 18.3 Å². The number of carbonyl (C=O) groups is 2.